The van der Waals surface area contributed by atoms with Gasteiger partial charge in [0, 0.05) is 0 Å². The quantitative estimate of drug-likeness (QED) is 0.609. The van der Waals surface area contributed by atoms with Crippen LogP contribution in [0.25, 0.3) is 0 Å². The summed E-state index contributed by atoms with van der Waals surface area (Å²) in [5, 5.41) is 6.38. The molecule has 0 unspecified atom stereocenters. The van der Waals surface area contributed by atoms with E-state index in [0.717, 1.165) is 6.07 Å². The monoisotopic (exact) mass is 399 g/mol. The molecule has 29 heavy (non-hydrogen) atoms. The van der Waals surface area contributed by atoms with E-state index in [0.29, 0.717) is 17.0 Å². The molecule has 0 atom stereocenters. The molecule has 1 amide bonds. The Morgan fingerprint density at radius 3 is 2.76 bits per heavy atom. The summed E-state index contributed by atoms with van der Waals surface area (Å²) in [7, 11) is 1.50. The second-order valence-electron chi connectivity index (χ2n) is 6.07. The lowest BCUT2D eigenvalue weighted by molar-refractivity contribution is -0.115. The highest BCUT2D eigenvalue weighted by Crippen LogP contribution is 2.23. The van der Waals surface area contributed by atoms with Crippen LogP contribution in [0.4, 0.5) is 10.1 Å². The van der Waals surface area contributed by atoms with Gasteiger partial charge in [0.15, 0.2) is 12.4 Å². The number of rotatable bonds is 7. The van der Waals surface area contributed by atoms with Crippen molar-refractivity contribution >= 4 is 17.6 Å². The summed E-state index contributed by atoms with van der Waals surface area (Å²) in [5.74, 6) is -0.919. The molecule has 0 bridgehead atoms. The van der Waals surface area contributed by atoms with Crippen LogP contribution in [0.1, 0.15) is 27.6 Å². The van der Waals surface area contributed by atoms with E-state index in [9.17, 15) is 14.0 Å². The molecular weight excluding hydrogens is 381 g/mol. The minimum Gasteiger partial charge on any atom is -0.495 e. The molecule has 0 radical (unpaired) electrons. The maximum absolute atomic E-state index is 13.5. The van der Waals surface area contributed by atoms with E-state index in [1.165, 1.54) is 19.2 Å². The average molecular weight is 399 g/mol. The number of ether oxygens (including phenoxy) is 2. The molecule has 2 aromatic carbocycles. The Kier molecular flexibility index (Phi) is 6.18. The van der Waals surface area contributed by atoms with Gasteiger partial charge in [-0.1, -0.05) is 23.4 Å². The summed E-state index contributed by atoms with van der Waals surface area (Å²) in [6.07, 6.45) is -0.140. The Morgan fingerprint density at radius 2 is 2.00 bits per heavy atom. The molecule has 0 fully saturated rings. The van der Waals surface area contributed by atoms with Gasteiger partial charge >= 0.3 is 5.97 Å². The lowest BCUT2D eigenvalue weighted by Gasteiger charge is -2.08. The summed E-state index contributed by atoms with van der Waals surface area (Å²) in [4.78, 5) is 28.1. The first-order chi connectivity index (χ1) is 14.0. The summed E-state index contributed by atoms with van der Waals surface area (Å²) in [6, 6.07) is 11.0. The summed E-state index contributed by atoms with van der Waals surface area (Å²) < 4.78 is 28.7. The Hall–Kier alpha value is -3.75. The average Bonchev–Trinajstić information content (AvgIpc) is 3.15. The molecule has 3 aromatic rings. The fourth-order valence-electron chi connectivity index (χ4n) is 2.44. The largest absolute Gasteiger partial charge is 0.495 e. The Balaban J connectivity index is 1.54. The number of amides is 1. The molecule has 1 heterocycles. The number of carbonyl (C=O) groups is 2. The number of nitrogens with zero attached hydrogens (tertiary/aromatic N) is 2. The number of methoxy groups -OCH3 is 1. The minimum absolute atomic E-state index is 0.0195. The van der Waals surface area contributed by atoms with Crippen molar-refractivity contribution in [1.82, 2.24) is 10.1 Å². The van der Waals surface area contributed by atoms with Crippen LogP contribution in [0, 0.1) is 12.7 Å². The fourth-order valence-corrected chi connectivity index (χ4v) is 2.44. The Morgan fingerprint density at radius 1 is 1.21 bits per heavy atom. The number of benzene rings is 2. The lowest BCUT2D eigenvalue weighted by Crippen LogP contribution is -2.15. The maximum atomic E-state index is 13.5. The van der Waals surface area contributed by atoms with Crippen molar-refractivity contribution < 1.29 is 28.0 Å². The number of aromatic nitrogens is 2. The van der Waals surface area contributed by atoms with Crippen LogP contribution in [0.3, 0.4) is 0 Å². The molecule has 3 rings (SSSR count). The van der Waals surface area contributed by atoms with Gasteiger partial charge in [-0.05, 0) is 36.8 Å². The number of para-hydroxylation sites is 2. The van der Waals surface area contributed by atoms with Crippen molar-refractivity contribution in [3.05, 3.63) is 71.1 Å². The van der Waals surface area contributed by atoms with Crippen molar-refractivity contribution in [1.29, 1.82) is 0 Å². The molecule has 9 heteroatoms. The second kappa shape index (κ2) is 8.96. The van der Waals surface area contributed by atoms with Crippen LogP contribution < -0.4 is 10.1 Å². The summed E-state index contributed by atoms with van der Waals surface area (Å²) in [6.45, 7) is 1.30. The van der Waals surface area contributed by atoms with E-state index in [-0.39, 0.29) is 36.2 Å². The van der Waals surface area contributed by atoms with Crippen molar-refractivity contribution in [2.24, 2.45) is 0 Å². The SMILES string of the molecule is COc1ccccc1NC(=O)Cc1noc(COC(=O)c2ccc(C)c(F)c2)n1. The third-order valence-electron chi connectivity index (χ3n) is 3.94. The summed E-state index contributed by atoms with van der Waals surface area (Å²) >= 11 is 0. The molecule has 0 saturated heterocycles. The zero-order chi connectivity index (χ0) is 20.8. The summed E-state index contributed by atoms with van der Waals surface area (Å²) in [5.41, 5.74) is 1.02. The van der Waals surface area contributed by atoms with Crippen molar-refractivity contribution in [3.63, 3.8) is 0 Å². The van der Waals surface area contributed by atoms with Gasteiger partial charge in [-0.25, -0.2) is 9.18 Å². The van der Waals surface area contributed by atoms with Gasteiger partial charge in [0.1, 0.15) is 11.6 Å². The number of nitrogens with one attached hydrogen (secondary N) is 1. The molecule has 1 N–H and O–H groups in total. The molecule has 0 spiro atoms. The smallest absolute Gasteiger partial charge is 0.338 e. The standard InChI is InChI=1S/C20H18FN3O5/c1-12-7-8-13(9-14(12)21)20(26)28-11-19-23-17(24-29-19)10-18(25)22-15-5-3-4-6-16(15)27-2/h3-9H,10-11H2,1-2H3,(H,22,25). The van der Waals surface area contributed by atoms with Gasteiger partial charge in [-0.2, -0.15) is 4.98 Å². The van der Waals surface area contributed by atoms with Gasteiger partial charge in [0.25, 0.3) is 5.89 Å². The van der Waals surface area contributed by atoms with Crippen molar-refractivity contribution in [2.45, 2.75) is 20.0 Å². The highest BCUT2D eigenvalue weighted by atomic mass is 19.1. The van der Waals surface area contributed by atoms with Crippen LogP contribution in [0.5, 0.6) is 5.75 Å². The first-order valence-corrected chi connectivity index (χ1v) is 8.64. The third-order valence-corrected chi connectivity index (χ3v) is 3.94. The normalized spacial score (nSPS) is 10.4. The minimum atomic E-state index is -0.724. The number of aryl methyl sites for hydroxylation is 1. The number of hydrogen-bond acceptors (Lipinski definition) is 7. The number of halogens is 1. The predicted octanol–water partition coefficient (Wildman–Crippen LogP) is 3.06. The highest BCUT2D eigenvalue weighted by Gasteiger charge is 2.15. The number of carbonyl (C=O) groups excluding carboxylic acids is 2. The molecule has 0 aliphatic rings. The Labute approximate surface area is 165 Å². The maximum Gasteiger partial charge on any atom is 0.338 e. The second-order valence-corrected chi connectivity index (χ2v) is 6.07. The first-order valence-electron chi connectivity index (χ1n) is 8.64. The topological polar surface area (TPSA) is 104 Å². The zero-order valence-corrected chi connectivity index (χ0v) is 15.8. The Bertz CT molecular complexity index is 1030. The van der Waals surface area contributed by atoms with Crippen LogP contribution in [-0.2, 0) is 22.6 Å². The molecule has 150 valence electrons. The van der Waals surface area contributed by atoms with Crippen LogP contribution in [0.15, 0.2) is 47.0 Å². The lowest BCUT2D eigenvalue weighted by atomic mass is 10.1. The third kappa shape index (κ3) is 5.16. The van der Waals surface area contributed by atoms with E-state index >= 15 is 0 Å². The number of esters is 1. The van der Waals surface area contributed by atoms with Gasteiger partial charge in [0.05, 0.1) is 24.8 Å². The van der Waals surface area contributed by atoms with Crippen LogP contribution >= 0.6 is 0 Å². The highest BCUT2D eigenvalue weighted by molar-refractivity contribution is 5.93. The zero-order valence-electron chi connectivity index (χ0n) is 15.8. The number of hydrogen-bond donors (Lipinski definition) is 1. The fraction of sp³-hybridized carbons (Fsp3) is 0.200. The van der Waals surface area contributed by atoms with Crippen molar-refractivity contribution in [2.75, 3.05) is 12.4 Å². The van der Waals surface area contributed by atoms with E-state index in [1.807, 2.05) is 0 Å². The molecule has 0 saturated carbocycles. The molecule has 1 aromatic heterocycles. The van der Waals surface area contributed by atoms with E-state index in [1.54, 1.807) is 31.2 Å². The van der Waals surface area contributed by atoms with Gasteiger partial charge < -0.3 is 19.3 Å². The predicted molar refractivity (Wildman–Crippen MR) is 99.9 cm³/mol. The van der Waals surface area contributed by atoms with Gasteiger partial charge in [-0.15, -0.1) is 0 Å². The molecule has 8 nitrogen and oxygen atoms in total. The van der Waals surface area contributed by atoms with Gasteiger partial charge in [0.2, 0.25) is 5.91 Å². The number of anilines is 1. The van der Waals surface area contributed by atoms with Crippen LogP contribution in [0.2, 0.25) is 0 Å². The van der Waals surface area contributed by atoms with Crippen LogP contribution in [-0.4, -0.2) is 29.1 Å². The van der Waals surface area contributed by atoms with E-state index in [2.05, 4.69) is 15.5 Å². The molecular formula is C20H18FN3O5. The van der Waals surface area contributed by atoms with Crippen molar-refractivity contribution in [3.8, 4) is 5.75 Å². The van der Waals surface area contributed by atoms with Gasteiger partial charge in [-0.3, -0.25) is 4.79 Å². The first kappa shape index (κ1) is 20.0. The van der Waals surface area contributed by atoms with E-state index in [4.69, 9.17) is 14.0 Å². The molecule has 0 aliphatic heterocycles. The molecule has 0 aliphatic carbocycles. The van der Waals surface area contributed by atoms with E-state index < -0.39 is 11.8 Å².